The van der Waals surface area contributed by atoms with Gasteiger partial charge in [-0.2, -0.15) is 4.37 Å². The average molecular weight is 286 g/mol. The van der Waals surface area contributed by atoms with Crippen molar-refractivity contribution in [3.8, 4) is 5.75 Å². The molecule has 1 aromatic heterocycles. The molecule has 6 nitrogen and oxygen atoms in total. The third-order valence-electron chi connectivity index (χ3n) is 2.20. The van der Waals surface area contributed by atoms with Crippen molar-refractivity contribution in [2.75, 3.05) is 17.7 Å². The quantitative estimate of drug-likeness (QED) is 0.768. The van der Waals surface area contributed by atoms with Gasteiger partial charge in [0.15, 0.2) is 16.6 Å². The first kappa shape index (κ1) is 15.6. The number of carbonyl (C=O) groups excluding carboxylic acids is 1. The second-order valence-electron chi connectivity index (χ2n) is 5.26. The van der Waals surface area contributed by atoms with Crippen molar-refractivity contribution >= 4 is 28.3 Å². The summed E-state index contributed by atoms with van der Waals surface area (Å²) in [6.45, 7) is 9.97. The predicted octanol–water partition coefficient (Wildman–Crippen LogP) is 1.84. The van der Waals surface area contributed by atoms with Gasteiger partial charge in [0.05, 0.1) is 6.61 Å². The van der Waals surface area contributed by atoms with Crippen molar-refractivity contribution in [3.05, 3.63) is 0 Å². The highest BCUT2D eigenvalue weighted by atomic mass is 32.1. The molecular formula is C12H22N4O2S. The SMILES string of the molecule is CCOc1c(N)nsc1NC(C)C(=O)NC(C)(C)C. The van der Waals surface area contributed by atoms with Crippen LogP contribution in [-0.2, 0) is 4.79 Å². The van der Waals surface area contributed by atoms with Crippen molar-refractivity contribution in [1.82, 2.24) is 9.69 Å². The Hall–Kier alpha value is -1.50. The lowest BCUT2D eigenvalue weighted by molar-refractivity contribution is -0.122. The summed E-state index contributed by atoms with van der Waals surface area (Å²) < 4.78 is 9.44. The van der Waals surface area contributed by atoms with Gasteiger partial charge in [-0.25, -0.2) is 0 Å². The molecule has 0 radical (unpaired) electrons. The molecule has 0 saturated carbocycles. The van der Waals surface area contributed by atoms with Crippen LogP contribution < -0.4 is 21.1 Å². The fourth-order valence-electron chi connectivity index (χ4n) is 1.41. The van der Waals surface area contributed by atoms with Crippen LogP contribution in [0.2, 0.25) is 0 Å². The van der Waals surface area contributed by atoms with Gasteiger partial charge in [0.2, 0.25) is 5.91 Å². The van der Waals surface area contributed by atoms with Gasteiger partial charge < -0.3 is 21.1 Å². The standard InChI is InChI=1S/C12H22N4O2S/c1-6-18-8-9(13)16-19-11(8)14-7(2)10(17)15-12(3,4)5/h7,14H,6H2,1-5H3,(H2,13,16)(H,15,17). The van der Waals surface area contributed by atoms with E-state index in [-0.39, 0.29) is 11.4 Å². The van der Waals surface area contributed by atoms with Crippen LogP contribution in [0.5, 0.6) is 5.75 Å². The minimum atomic E-state index is -0.390. The van der Waals surface area contributed by atoms with Gasteiger partial charge in [-0.15, -0.1) is 0 Å². The average Bonchev–Trinajstić information content (AvgIpc) is 2.59. The zero-order valence-corrected chi connectivity index (χ0v) is 12.9. The molecule has 0 aliphatic heterocycles. The molecule has 0 aromatic carbocycles. The Bertz CT molecular complexity index is 439. The number of nitrogens with two attached hydrogens (primary N) is 1. The van der Waals surface area contributed by atoms with E-state index in [1.54, 1.807) is 6.92 Å². The van der Waals surface area contributed by atoms with Crippen molar-refractivity contribution in [2.45, 2.75) is 46.2 Å². The Kier molecular flexibility index (Phi) is 4.99. The third-order valence-corrected chi connectivity index (χ3v) is 2.98. The van der Waals surface area contributed by atoms with E-state index in [1.165, 1.54) is 11.5 Å². The van der Waals surface area contributed by atoms with E-state index in [2.05, 4.69) is 15.0 Å². The first-order valence-electron chi connectivity index (χ1n) is 6.21. The van der Waals surface area contributed by atoms with E-state index in [4.69, 9.17) is 10.5 Å². The number of hydrogen-bond acceptors (Lipinski definition) is 6. The first-order chi connectivity index (χ1) is 8.74. The molecule has 4 N–H and O–H groups in total. The lowest BCUT2D eigenvalue weighted by Crippen LogP contribution is -2.47. The number of hydrogen-bond donors (Lipinski definition) is 3. The van der Waals surface area contributed by atoms with Crippen molar-refractivity contribution in [1.29, 1.82) is 0 Å². The summed E-state index contributed by atoms with van der Waals surface area (Å²) in [5.41, 5.74) is 5.45. The van der Waals surface area contributed by atoms with Crippen LogP contribution in [0.15, 0.2) is 0 Å². The molecule has 0 aliphatic carbocycles. The molecule has 1 atom stereocenters. The number of nitrogens with one attached hydrogen (secondary N) is 2. The van der Waals surface area contributed by atoms with Crippen LogP contribution in [0, 0.1) is 0 Å². The molecule has 1 amide bonds. The van der Waals surface area contributed by atoms with Gasteiger partial charge in [-0.05, 0) is 46.2 Å². The molecule has 0 saturated heterocycles. The fourth-order valence-corrected chi connectivity index (χ4v) is 2.16. The summed E-state index contributed by atoms with van der Waals surface area (Å²) in [5.74, 6) is 0.780. The van der Waals surface area contributed by atoms with Gasteiger partial charge in [0.25, 0.3) is 0 Å². The number of nitrogens with zero attached hydrogens (tertiary/aromatic N) is 1. The van der Waals surface area contributed by atoms with E-state index in [9.17, 15) is 4.79 Å². The zero-order chi connectivity index (χ0) is 14.6. The number of ether oxygens (including phenoxy) is 1. The van der Waals surface area contributed by atoms with E-state index in [1.807, 2.05) is 27.7 Å². The molecule has 7 heteroatoms. The summed E-state index contributed by atoms with van der Waals surface area (Å²) in [5, 5.41) is 6.66. The van der Waals surface area contributed by atoms with E-state index >= 15 is 0 Å². The number of aromatic nitrogens is 1. The smallest absolute Gasteiger partial charge is 0.242 e. The molecule has 1 unspecified atom stereocenters. The second-order valence-corrected chi connectivity index (χ2v) is 6.04. The molecule has 0 bridgehead atoms. The highest BCUT2D eigenvalue weighted by Gasteiger charge is 2.22. The lowest BCUT2D eigenvalue weighted by Gasteiger charge is -2.23. The van der Waals surface area contributed by atoms with Gasteiger partial charge in [-0.3, -0.25) is 4.79 Å². The Labute approximate surface area is 117 Å². The highest BCUT2D eigenvalue weighted by molar-refractivity contribution is 7.11. The van der Waals surface area contributed by atoms with Crippen LogP contribution in [-0.4, -0.2) is 28.5 Å². The minimum Gasteiger partial charge on any atom is -0.487 e. The molecule has 19 heavy (non-hydrogen) atoms. The van der Waals surface area contributed by atoms with Crippen LogP contribution >= 0.6 is 11.5 Å². The van der Waals surface area contributed by atoms with Crippen LogP contribution in [0.3, 0.4) is 0 Å². The predicted molar refractivity (Wildman–Crippen MR) is 78.7 cm³/mol. The molecular weight excluding hydrogens is 264 g/mol. The lowest BCUT2D eigenvalue weighted by atomic mass is 10.1. The Balaban J connectivity index is 2.71. The van der Waals surface area contributed by atoms with E-state index < -0.39 is 6.04 Å². The largest absolute Gasteiger partial charge is 0.487 e. The molecule has 1 heterocycles. The van der Waals surface area contributed by atoms with E-state index in [0.717, 1.165) is 0 Å². The molecule has 108 valence electrons. The van der Waals surface area contributed by atoms with Gasteiger partial charge in [0, 0.05) is 5.54 Å². The fraction of sp³-hybridized carbons (Fsp3) is 0.667. The number of nitrogen functional groups attached to an aromatic ring is 1. The highest BCUT2D eigenvalue weighted by Crippen LogP contribution is 2.35. The van der Waals surface area contributed by atoms with E-state index in [0.29, 0.717) is 23.2 Å². The van der Waals surface area contributed by atoms with Crippen molar-refractivity contribution < 1.29 is 9.53 Å². The number of anilines is 2. The molecule has 1 rings (SSSR count). The molecule has 1 aromatic rings. The van der Waals surface area contributed by atoms with Crippen LogP contribution in [0.25, 0.3) is 0 Å². The normalized spacial score (nSPS) is 12.9. The number of carbonyl (C=O) groups is 1. The topological polar surface area (TPSA) is 89.3 Å². The summed E-state index contributed by atoms with van der Waals surface area (Å²) in [6, 6.07) is -0.390. The second kappa shape index (κ2) is 6.10. The van der Waals surface area contributed by atoms with Crippen molar-refractivity contribution in [2.24, 2.45) is 0 Å². The molecule has 0 aliphatic rings. The number of amides is 1. The molecule has 0 fully saturated rings. The molecule has 0 spiro atoms. The number of rotatable bonds is 5. The minimum absolute atomic E-state index is 0.0816. The Morgan fingerprint density at radius 2 is 2.16 bits per heavy atom. The summed E-state index contributed by atoms with van der Waals surface area (Å²) >= 11 is 1.19. The summed E-state index contributed by atoms with van der Waals surface area (Å²) in [7, 11) is 0. The van der Waals surface area contributed by atoms with Gasteiger partial charge in [0.1, 0.15) is 6.04 Å². The monoisotopic (exact) mass is 286 g/mol. The van der Waals surface area contributed by atoms with Gasteiger partial charge >= 0.3 is 0 Å². The summed E-state index contributed by atoms with van der Waals surface area (Å²) in [6.07, 6.45) is 0. The first-order valence-corrected chi connectivity index (χ1v) is 6.98. The Morgan fingerprint density at radius 3 is 2.68 bits per heavy atom. The Morgan fingerprint density at radius 1 is 1.53 bits per heavy atom. The van der Waals surface area contributed by atoms with Crippen LogP contribution in [0.4, 0.5) is 10.8 Å². The maximum absolute atomic E-state index is 12.0. The summed E-state index contributed by atoms with van der Waals surface area (Å²) in [4.78, 5) is 12.0. The third kappa shape index (κ3) is 4.59. The van der Waals surface area contributed by atoms with Crippen molar-refractivity contribution in [3.63, 3.8) is 0 Å². The zero-order valence-electron chi connectivity index (χ0n) is 12.0. The maximum atomic E-state index is 12.0. The maximum Gasteiger partial charge on any atom is 0.242 e. The van der Waals surface area contributed by atoms with Crippen LogP contribution in [0.1, 0.15) is 34.6 Å². The van der Waals surface area contributed by atoms with Gasteiger partial charge in [-0.1, -0.05) is 0 Å².